The third-order valence-corrected chi connectivity index (χ3v) is 5.49. The lowest BCUT2D eigenvalue weighted by Crippen LogP contribution is -2.43. The van der Waals surface area contributed by atoms with Crippen molar-refractivity contribution >= 4 is 23.9 Å². The normalized spacial score (nSPS) is 14.3. The molecule has 1 saturated heterocycles. The van der Waals surface area contributed by atoms with Crippen LogP contribution in [-0.4, -0.2) is 45.4 Å². The van der Waals surface area contributed by atoms with Gasteiger partial charge in [0.1, 0.15) is 11.4 Å². The molecule has 0 aromatic heterocycles. The molecule has 0 saturated carbocycles. The first-order valence-corrected chi connectivity index (χ1v) is 11.0. The number of benzene rings is 2. The topological polar surface area (TPSA) is 50.8 Å². The summed E-state index contributed by atoms with van der Waals surface area (Å²) >= 11 is 1.34. The number of nitrogens with zero attached hydrogens (tertiary/aromatic N) is 1. The Labute approximate surface area is 191 Å². The van der Waals surface area contributed by atoms with Gasteiger partial charge in [0, 0.05) is 36.0 Å². The quantitative estimate of drug-likeness (QED) is 0.604. The second-order valence-electron chi connectivity index (χ2n) is 8.02. The number of hydrogen-bond donors (Lipinski definition) is 1. The molecule has 2 aromatic rings. The zero-order chi connectivity index (χ0) is 23.8. The maximum absolute atomic E-state index is 13.1. The van der Waals surface area contributed by atoms with Crippen molar-refractivity contribution in [1.82, 2.24) is 5.32 Å². The fourth-order valence-electron chi connectivity index (χ4n) is 2.85. The van der Waals surface area contributed by atoms with E-state index in [9.17, 15) is 18.0 Å². The lowest BCUT2D eigenvalue weighted by atomic mass is 10.1. The number of rotatable bonds is 5. The maximum Gasteiger partial charge on any atom is 0.416 e. The highest BCUT2D eigenvalue weighted by Crippen LogP contribution is 2.40. The molecular formula is C23H29F3N2O3S. The van der Waals surface area contributed by atoms with Crippen LogP contribution in [0.15, 0.2) is 52.3 Å². The number of nitrogens with one attached hydrogen (secondary N) is 1. The van der Waals surface area contributed by atoms with Gasteiger partial charge in [0.25, 0.3) is 6.47 Å². The SMILES string of the molecule is CC(C)(C)OC=O.COc1ccc(Sc2cc(C(F)(F)F)ccc2N2CCNCC2)cc1. The Bertz CT molecular complexity index is 862. The molecule has 9 heteroatoms. The molecular weight excluding hydrogens is 441 g/mol. The van der Waals surface area contributed by atoms with Crippen molar-refractivity contribution in [3.05, 3.63) is 48.0 Å². The van der Waals surface area contributed by atoms with Gasteiger partial charge >= 0.3 is 6.18 Å². The number of hydrogen-bond acceptors (Lipinski definition) is 6. The molecule has 1 heterocycles. The molecule has 1 fully saturated rings. The largest absolute Gasteiger partial charge is 0.497 e. The van der Waals surface area contributed by atoms with Crippen LogP contribution in [-0.2, 0) is 15.7 Å². The number of anilines is 1. The Morgan fingerprint density at radius 1 is 1.03 bits per heavy atom. The number of piperazine rings is 1. The standard InChI is InChI=1S/C18H19F3N2OS.C5H10O2/c1-24-14-3-5-15(6-4-14)25-17-12-13(18(19,20)21)2-7-16(17)23-10-8-22-9-11-23;1-5(2,3)7-4-6/h2-7,12,22H,8-11H2,1H3;4H,1-3H3. The number of alkyl halides is 3. The molecule has 0 amide bonds. The minimum Gasteiger partial charge on any atom is -0.497 e. The second kappa shape index (κ2) is 11.5. The molecule has 0 spiro atoms. The summed E-state index contributed by atoms with van der Waals surface area (Å²) in [5.41, 5.74) is -0.0976. The van der Waals surface area contributed by atoms with Gasteiger partial charge in [0.05, 0.1) is 18.4 Å². The number of ether oxygens (including phenoxy) is 2. The van der Waals surface area contributed by atoms with Crippen LogP contribution in [0.3, 0.4) is 0 Å². The second-order valence-corrected chi connectivity index (χ2v) is 9.14. The van der Waals surface area contributed by atoms with Crippen LogP contribution in [0.4, 0.5) is 18.9 Å². The zero-order valence-corrected chi connectivity index (χ0v) is 19.5. The summed E-state index contributed by atoms with van der Waals surface area (Å²) in [4.78, 5) is 13.2. The van der Waals surface area contributed by atoms with Gasteiger partial charge in [-0.25, -0.2) is 0 Å². The summed E-state index contributed by atoms with van der Waals surface area (Å²) in [7, 11) is 1.58. The van der Waals surface area contributed by atoms with E-state index in [1.165, 1.54) is 17.8 Å². The van der Waals surface area contributed by atoms with E-state index in [-0.39, 0.29) is 5.60 Å². The molecule has 0 unspecified atom stereocenters. The van der Waals surface area contributed by atoms with E-state index in [1.807, 2.05) is 32.9 Å². The molecule has 0 atom stereocenters. The van der Waals surface area contributed by atoms with Crippen LogP contribution in [0.1, 0.15) is 26.3 Å². The number of carbonyl (C=O) groups excluding carboxylic acids is 1. The van der Waals surface area contributed by atoms with E-state index in [4.69, 9.17) is 4.74 Å². The summed E-state index contributed by atoms with van der Waals surface area (Å²) in [5, 5.41) is 3.26. The molecule has 5 nitrogen and oxygen atoms in total. The Morgan fingerprint density at radius 2 is 1.66 bits per heavy atom. The molecule has 32 heavy (non-hydrogen) atoms. The van der Waals surface area contributed by atoms with Crippen molar-refractivity contribution in [2.24, 2.45) is 0 Å². The highest BCUT2D eigenvalue weighted by Gasteiger charge is 2.31. The third kappa shape index (κ3) is 8.27. The third-order valence-electron chi connectivity index (χ3n) is 4.43. The van der Waals surface area contributed by atoms with Crippen molar-refractivity contribution in [2.45, 2.75) is 42.3 Å². The average Bonchev–Trinajstić information content (AvgIpc) is 2.74. The predicted molar refractivity (Wildman–Crippen MR) is 121 cm³/mol. The summed E-state index contributed by atoms with van der Waals surface area (Å²) in [6.07, 6.45) is -4.35. The van der Waals surface area contributed by atoms with Crippen LogP contribution < -0.4 is 15.0 Å². The first kappa shape index (κ1) is 25.9. The number of halogens is 3. The van der Waals surface area contributed by atoms with Crippen molar-refractivity contribution in [2.75, 3.05) is 38.2 Å². The summed E-state index contributed by atoms with van der Waals surface area (Å²) in [6, 6.07) is 11.3. The fourth-order valence-corrected chi connectivity index (χ4v) is 3.87. The summed E-state index contributed by atoms with van der Waals surface area (Å²) < 4.78 is 49.1. The maximum atomic E-state index is 13.1. The first-order valence-electron chi connectivity index (χ1n) is 10.1. The van der Waals surface area contributed by atoms with Gasteiger partial charge in [-0.15, -0.1) is 0 Å². The van der Waals surface area contributed by atoms with Gasteiger partial charge in [-0.3, -0.25) is 4.79 Å². The molecule has 1 aliphatic rings. The number of methoxy groups -OCH3 is 1. The van der Waals surface area contributed by atoms with Crippen LogP contribution in [0.25, 0.3) is 0 Å². The molecule has 3 rings (SSSR count). The van der Waals surface area contributed by atoms with E-state index in [0.717, 1.165) is 48.6 Å². The van der Waals surface area contributed by atoms with Crippen LogP contribution >= 0.6 is 11.8 Å². The molecule has 176 valence electrons. The van der Waals surface area contributed by atoms with Gasteiger partial charge in [0.2, 0.25) is 0 Å². The van der Waals surface area contributed by atoms with Crippen LogP contribution in [0.2, 0.25) is 0 Å². The molecule has 2 aromatic carbocycles. The Morgan fingerprint density at radius 3 is 2.12 bits per heavy atom. The lowest BCUT2D eigenvalue weighted by molar-refractivity contribution is -0.139. The Kier molecular flexibility index (Phi) is 9.27. The lowest BCUT2D eigenvalue weighted by Gasteiger charge is -2.31. The molecule has 0 bridgehead atoms. The van der Waals surface area contributed by atoms with Crippen LogP contribution in [0.5, 0.6) is 5.75 Å². The zero-order valence-electron chi connectivity index (χ0n) is 18.7. The highest BCUT2D eigenvalue weighted by atomic mass is 32.2. The van der Waals surface area contributed by atoms with Crippen molar-refractivity contribution in [1.29, 1.82) is 0 Å². The average molecular weight is 471 g/mol. The van der Waals surface area contributed by atoms with Gasteiger partial charge in [-0.2, -0.15) is 13.2 Å². The van der Waals surface area contributed by atoms with Crippen LogP contribution in [0, 0.1) is 0 Å². The minimum absolute atomic E-state index is 0.318. The summed E-state index contributed by atoms with van der Waals surface area (Å²) in [6.45, 7) is 9.13. The van der Waals surface area contributed by atoms with Gasteiger partial charge in [0.15, 0.2) is 0 Å². The van der Waals surface area contributed by atoms with E-state index in [2.05, 4.69) is 15.0 Å². The van der Waals surface area contributed by atoms with E-state index in [1.54, 1.807) is 25.3 Å². The van der Waals surface area contributed by atoms with Gasteiger partial charge < -0.3 is 19.7 Å². The number of carbonyl (C=O) groups is 1. The Balaban J connectivity index is 0.000000451. The first-order chi connectivity index (χ1) is 15.0. The van der Waals surface area contributed by atoms with Crippen molar-refractivity contribution < 1.29 is 27.4 Å². The highest BCUT2D eigenvalue weighted by molar-refractivity contribution is 7.99. The van der Waals surface area contributed by atoms with E-state index in [0.29, 0.717) is 11.4 Å². The van der Waals surface area contributed by atoms with E-state index < -0.39 is 11.7 Å². The molecule has 0 radical (unpaired) electrons. The predicted octanol–water partition coefficient (Wildman–Crippen LogP) is 5.23. The van der Waals surface area contributed by atoms with Crippen molar-refractivity contribution in [3.8, 4) is 5.75 Å². The van der Waals surface area contributed by atoms with Crippen molar-refractivity contribution in [3.63, 3.8) is 0 Å². The smallest absolute Gasteiger partial charge is 0.416 e. The van der Waals surface area contributed by atoms with Gasteiger partial charge in [-0.05, 0) is 63.2 Å². The molecule has 1 aliphatic heterocycles. The molecule has 1 N–H and O–H groups in total. The summed E-state index contributed by atoms with van der Waals surface area (Å²) in [5.74, 6) is 0.718. The Hall–Kier alpha value is -2.39. The van der Waals surface area contributed by atoms with Gasteiger partial charge in [-0.1, -0.05) is 11.8 Å². The molecule has 0 aliphatic carbocycles. The monoisotopic (exact) mass is 470 g/mol. The van der Waals surface area contributed by atoms with E-state index >= 15 is 0 Å². The minimum atomic E-state index is -4.35. The fraction of sp³-hybridized carbons (Fsp3) is 0.435.